The highest BCUT2D eigenvalue weighted by Crippen LogP contribution is 2.14. The van der Waals surface area contributed by atoms with Gasteiger partial charge in [0.2, 0.25) is 5.91 Å². The molecule has 82 valence electrons. The van der Waals surface area contributed by atoms with E-state index in [4.69, 9.17) is 4.74 Å². The summed E-state index contributed by atoms with van der Waals surface area (Å²) in [5, 5.41) is 16.0. The number of H-pyrrole nitrogens is 1. The second kappa shape index (κ2) is 4.83. The van der Waals surface area contributed by atoms with Crippen LogP contribution in [0.2, 0.25) is 0 Å². The van der Waals surface area contributed by atoms with E-state index in [0.717, 1.165) is 12.8 Å². The van der Waals surface area contributed by atoms with Gasteiger partial charge >= 0.3 is 0 Å². The van der Waals surface area contributed by atoms with Crippen LogP contribution >= 0.6 is 0 Å². The van der Waals surface area contributed by atoms with Crippen molar-refractivity contribution in [1.82, 2.24) is 25.9 Å². The lowest BCUT2D eigenvalue weighted by Crippen LogP contribution is -2.34. The molecule has 0 saturated carbocycles. The Labute approximate surface area is 86.6 Å². The summed E-state index contributed by atoms with van der Waals surface area (Å²) >= 11 is 0. The van der Waals surface area contributed by atoms with Gasteiger partial charge < -0.3 is 10.1 Å². The Hall–Kier alpha value is -1.50. The molecule has 1 amide bonds. The second-order valence-corrected chi connectivity index (χ2v) is 3.43. The highest BCUT2D eigenvalue weighted by Gasteiger charge is 2.21. The number of carbonyl (C=O) groups excluding carboxylic acids is 1. The number of amides is 1. The minimum Gasteiger partial charge on any atom is -0.381 e. The number of carbonyl (C=O) groups is 1. The number of hydrogen-bond acceptors (Lipinski definition) is 5. The van der Waals surface area contributed by atoms with Gasteiger partial charge in [-0.1, -0.05) is 5.21 Å². The molecule has 7 heteroatoms. The third-order valence-corrected chi connectivity index (χ3v) is 2.40. The number of rotatable bonds is 3. The van der Waals surface area contributed by atoms with E-state index in [1.807, 2.05) is 0 Å². The van der Waals surface area contributed by atoms with Crippen LogP contribution in [0.3, 0.4) is 0 Å². The van der Waals surface area contributed by atoms with E-state index in [9.17, 15) is 4.79 Å². The quantitative estimate of drug-likeness (QED) is 0.685. The van der Waals surface area contributed by atoms with Gasteiger partial charge in [-0.3, -0.25) is 4.79 Å². The van der Waals surface area contributed by atoms with Gasteiger partial charge in [-0.05, 0) is 12.8 Å². The molecule has 1 fully saturated rings. The maximum Gasteiger partial charge on any atom is 0.223 e. The van der Waals surface area contributed by atoms with Crippen molar-refractivity contribution in [2.75, 3.05) is 13.2 Å². The summed E-state index contributed by atoms with van der Waals surface area (Å²) in [4.78, 5) is 11.6. The number of nitrogens with one attached hydrogen (secondary N) is 2. The van der Waals surface area contributed by atoms with Crippen molar-refractivity contribution < 1.29 is 9.53 Å². The van der Waals surface area contributed by atoms with Crippen LogP contribution in [0.15, 0.2) is 0 Å². The van der Waals surface area contributed by atoms with Crippen LogP contribution in [0.5, 0.6) is 0 Å². The van der Waals surface area contributed by atoms with Crippen LogP contribution in [-0.4, -0.2) is 39.7 Å². The van der Waals surface area contributed by atoms with Crippen molar-refractivity contribution in [3.05, 3.63) is 5.82 Å². The Balaban J connectivity index is 1.76. The van der Waals surface area contributed by atoms with Gasteiger partial charge in [-0.2, -0.15) is 5.21 Å². The lowest BCUT2D eigenvalue weighted by molar-refractivity contribution is -0.128. The molecule has 0 bridgehead atoms. The molecule has 0 radical (unpaired) electrons. The number of nitrogens with zero attached hydrogens (tertiary/aromatic N) is 3. The Bertz CT molecular complexity index is 307. The fraction of sp³-hybridized carbons (Fsp3) is 0.750. The molecule has 1 aliphatic rings. The molecule has 0 spiro atoms. The zero-order chi connectivity index (χ0) is 10.5. The maximum absolute atomic E-state index is 11.6. The monoisotopic (exact) mass is 211 g/mol. The van der Waals surface area contributed by atoms with Crippen molar-refractivity contribution in [2.45, 2.75) is 19.4 Å². The van der Waals surface area contributed by atoms with E-state index in [0.29, 0.717) is 25.6 Å². The molecule has 0 unspecified atom stereocenters. The van der Waals surface area contributed by atoms with Gasteiger partial charge in [0, 0.05) is 19.1 Å². The molecule has 15 heavy (non-hydrogen) atoms. The van der Waals surface area contributed by atoms with E-state index >= 15 is 0 Å². The summed E-state index contributed by atoms with van der Waals surface area (Å²) in [5.41, 5.74) is 0. The minimum atomic E-state index is 0.0445. The van der Waals surface area contributed by atoms with E-state index in [1.165, 1.54) is 0 Å². The Morgan fingerprint density at radius 3 is 3.00 bits per heavy atom. The van der Waals surface area contributed by atoms with Crippen LogP contribution in [-0.2, 0) is 16.1 Å². The number of hydrogen-bond donors (Lipinski definition) is 2. The molecule has 1 aliphatic heterocycles. The van der Waals surface area contributed by atoms with E-state index < -0.39 is 0 Å². The maximum atomic E-state index is 11.6. The first kappa shape index (κ1) is 10.0. The third kappa shape index (κ3) is 2.72. The third-order valence-electron chi connectivity index (χ3n) is 2.40. The van der Waals surface area contributed by atoms with Crippen LogP contribution in [0.1, 0.15) is 18.7 Å². The molecule has 1 aromatic heterocycles. The van der Waals surface area contributed by atoms with E-state index in [-0.39, 0.29) is 11.8 Å². The topological polar surface area (TPSA) is 92.8 Å². The molecule has 0 aliphatic carbocycles. The molecular formula is C8H13N5O2. The normalized spacial score (nSPS) is 17.6. The lowest BCUT2D eigenvalue weighted by atomic mass is 9.99. The van der Waals surface area contributed by atoms with Crippen molar-refractivity contribution >= 4 is 5.91 Å². The molecule has 1 aromatic rings. The summed E-state index contributed by atoms with van der Waals surface area (Å²) in [6, 6.07) is 0. The molecule has 0 atom stereocenters. The molecule has 0 aromatic carbocycles. The zero-order valence-electron chi connectivity index (χ0n) is 8.27. The van der Waals surface area contributed by atoms with Crippen LogP contribution < -0.4 is 5.32 Å². The smallest absolute Gasteiger partial charge is 0.223 e. The molecule has 2 rings (SSSR count). The lowest BCUT2D eigenvalue weighted by Gasteiger charge is -2.20. The summed E-state index contributed by atoms with van der Waals surface area (Å²) in [6.07, 6.45) is 1.58. The van der Waals surface area contributed by atoms with Crippen molar-refractivity contribution in [1.29, 1.82) is 0 Å². The van der Waals surface area contributed by atoms with Gasteiger partial charge in [0.25, 0.3) is 0 Å². The highest BCUT2D eigenvalue weighted by atomic mass is 16.5. The zero-order valence-corrected chi connectivity index (χ0v) is 8.27. The SMILES string of the molecule is O=C(NCc1nn[nH]n1)C1CCOCC1. The first-order valence-electron chi connectivity index (χ1n) is 4.94. The van der Waals surface area contributed by atoms with E-state index in [2.05, 4.69) is 25.9 Å². The summed E-state index contributed by atoms with van der Waals surface area (Å²) in [5.74, 6) is 0.601. The van der Waals surface area contributed by atoms with Crippen molar-refractivity contribution in [3.63, 3.8) is 0 Å². The van der Waals surface area contributed by atoms with Gasteiger partial charge in [0.05, 0.1) is 6.54 Å². The number of ether oxygens (including phenoxy) is 1. The fourth-order valence-electron chi connectivity index (χ4n) is 1.53. The number of aromatic amines is 1. The van der Waals surface area contributed by atoms with Gasteiger partial charge in [-0.25, -0.2) is 0 Å². The average Bonchev–Trinajstić information content (AvgIpc) is 2.80. The molecular weight excluding hydrogens is 198 g/mol. The molecule has 2 N–H and O–H groups in total. The highest BCUT2D eigenvalue weighted by molar-refractivity contribution is 5.78. The fourth-order valence-corrected chi connectivity index (χ4v) is 1.53. The van der Waals surface area contributed by atoms with Crippen molar-refractivity contribution in [2.24, 2.45) is 5.92 Å². The van der Waals surface area contributed by atoms with Gasteiger partial charge in [0.15, 0.2) is 5.82 Å². The standard InChI is InChI=1S/C8H13N5O2/c14-8(6-1-3-15-4-2-6)9-5-7-10-12-13-11-7/h6H,1-5H2,(H,9,14)(H,10,11,12,13). The minimum absolute atomic E-state index is 0.0445. The Kier molecular flexibility index (Phi) is 3.23. The summed E-state index contributed by atoms with van der Waals surface area (Å²) in [7, 11) is 0. The van der Waals surface area contributed by atoms with Crippen molar-refractivity contribution in [3.8, 4) is 0 Å². The average molecular weight is 211 g/mol. The Morgan fingerprint density at radius 1 is 1.53 bits per heavy atom. The predicted octanol–water partition coefficient (Wildman–Crippen LogP) is -0.758. The van der Waals surface area contributed by atoms with Gasteiger partial charge in [-0.15, -0.1) is 10.2 Å². The Morgan fingerprint density at radius 2 is 2.33 bits per heavy atom. The second-order valence-electron chi connectivity index (χ2n) is 3.43. The molecule has 1 saturated heterocycles. The molecule has 7 nitrogen and oxygen atoms in total. The first-order chi connectivity index (χ1) is 7.36. The summed E-state index contributed by atoms with van der Waals surface area (Å²) < 4.78 is 5.18. The molecule has 2 heterocycles. The number of aromatic nitrogens is 4. The van der Waals surface area contributed by atoms with Crippen LogP contribution in [0.25, 0.3) is 0 Å². The van der Waals surface area contributed by atoms with Crippen LogP contribution in [0.4, 0.5) is 0 Å². The number of tetrazole rings is 1. The summed E-state index contributed by atoms with van der Waals surface area (Å²) in [6.45, 7) is 1.66. The largest absolute Gasteiger partial charge is 0.381 e. The predicted molar refractivity (Wildman–Crippen MR) is 49.6 cm³/mol. The van der Waals surface area contributed by atoms with Crippen LogP contribution in [0, 0.1) is 5.92 Å². The first-order valence-corrected chi connectivity index (χ1v) is 4.94. The van der Waals surface area contributed by atoms with E-state index in [1.54, 1.807) is 0 Å². The van der Waals surface area contributed by atoms with Gasteiger partial charge in [0.1, 0.15) is 0 Å².